The van der Waals surface area contributed by atoms with Crippen LogP contribution in [0.5, 0.6) is 0 Å². The molecule has 2 amide bonds. The fraction of sp³-hybridized carbons (Fsp3) is 0.217. The Hall–Kier alpha value is -3.34. The zero-order valence-corrected chi connectivity index (χ0v) is 15.2. The van der Waals surface area contributed by atoms with Gasteiger partial charge < -0.3 is 9.55 Å². The molecule has 0 radical (unpaired) electrons. The molecule has 2 aromatic carbocycles. The Morgan fingerprint density at radius 2 is 1.71 bits per heavy atom. The molecule has 1 saturated heterocycles. The molecule has 2 aromatic heterocycles. The first-order valence-corrected chi connectivity index (χ1v) is 9.74. The maximum Gasteiger partial charge on any atom is 0.235 e. The third kappa shape index (κ3) is 2.01. The van der Waals surface area contributed by atoms with E-state index in [0.29, 0.717) is 0 Å². The molecule has 0 saturated carbocycles. The highest BCUT2D eigenvalue weighted by Crippen LogP contribution is 2.44. The maximum atomic E-state index is 12.9. The smallest absolute Gasteiger partial charge is 0.235 e. The second kappa shape index (κ2) is 5.58. The van der Waals surface area contributed by atoms with E-state index in [2.05, 4.69) is 39.3 Å². The average Bonchev–Trinajstić information content (AvgIpc) is 3.37. The predicted molar refractivity (Wildman–Crippen MR) is 111 cm³/mol. The normalized spacial score (nSPS) is 21.6. The minimum Gasteiger partial charge on any atom is -0.361 e. The molecular formula is C23H23N3O2. The maximum absolute atomic E-state index is 12.9. The molecule has 2 atom stereocenters. The summed E-state index contributed by atoms with van der Waals surface area (Å²) in [5, 5.41) is 4.68. The van der Waals surface area contributed by atoms with Gasteiger partial charge in [0.2, 0.25) is 11.8 Å². The first kappa shape index (κ1) is 15.7. The lowest BCUT2D eigenvalue weighted by atomic mass is 9.83. The number of aromatic nitrogens is 2. The number of carbonyl (C=O) groups is 2. The van der Waals surface area contributed by atoms with Crippen LogP contribution in [0.1, 0.15) is 37.8 Å². The van der Waals surface area contributed by atoms with Crippen LogP contribution in [0, 0.1) is 0 Å². The molecule has 6 rings (SSSR count). The van der Waals surface area contributed by atoms with E-state index in [9.17, 15) is 9.59 Å². The standard InChI is InChI=1S/C23H19N3O2.2H2/c27-22-19(16-11-24-18-9-2-1-7-14(16)18)20(23(28)25-22)17-12-26-10-4-6-13-5-3-8-15(17)21(13)26;;/h1-3,5,7-9,11-12,19-20,24H,4,6,10H2,(H,25,27,28);2*1H/t19-,20+;;/m1../s1. The van der Waals surface area contributed by atoms with E-state index in [-0.39, 0.29) is 14.7 Å². The quantitative estimate of drug-likeness (QED) is 0.520. The minimum atomic E-state index is -0.521. The van der Waals surface area contributed by atoms with Gasteiger partial charge in [-0.1, -0.05) is 36.4 Å². The van der Waals surface area contributed by atoms with Crippen molar-refractivity contribution >= 4 is 33.6 Å². The third-order valence-electron chi connectivity index (χ3n) is 6.29. The molecule has 2 aliphatic heterocycles. The number of rotatable bonds is 2. The Balaban J connectivity index is 0.00000109. The number of para-hydroxylation sites is 2. The summed E-state index contributed by atoms with van der Waals surface area (Å²) in [6.07, 6.45) is 6.13. The number of benzene rings is 2. The third-order valence-corrected chi connectivity index (χ3v) is 6.29. The highest BCUT2D eigenvalue weighted by atomic mass is 16.2. The van der Waals surface area contributed by atoms with Gasteiger partial charge in [-0.25, -0.2) is 0 Å². The van der Waals surface area contributed by atoms with Gasteiger partial charge in [-0.05, 0) is 35.6 Å². The first-order chi connectivity index (χ1) is 13.7. The molecule has 0 unspecified atom stereocenters. The lowest BCUT2D eigenvalue weighted by Gasteiger charge is -2.15. The van der Waals surface area contributed by atoms with Crippen molar-refractivity contribution in [2.75, 3.05) is 0 Å². The number of imide groups is 1. The largest absolute Gasteiger partial charge is 0.361 e. The van der Waals surface area contributed by atoms with Crippen LogP contribution < -0.4 is 5.32 Å². The Labute approximate surface area is 164 Å². The number of nitrogens with zero attached hydrogens (tertiary/aromatic N) is 1. The number of aryl methyl sites for hydroxylation is 2. The second-order valence-corrected chi connectivity index (χ2v) is 7.79. The van der Waals surface area contributed by atoms with Gasteiger partial charge in [0.25, 0.3) is 0 Å². The fourth-order valence-electron chi connectivity index (χ4n) is 5.10. The van der Waals surface area contributed by atoms with Gasteiger partial charge in [0.1, 0.15) is 0 Å². The summed E-state index contributed by atoms with van der Waals surface area (Å²) < 4.78 is 2.26. The molecule has 5 heteroatoms. The number of nitrogens with one attached hydrogen (secondary N) is 2. The van der Waals surface area contributed by atoms with E-state index in [1.54, 1.807) is 0 Å². The Bertz CT molecular complexity index is 1290. The van der Waals surface area contributed by atoms with Crippen molar-refractivity contribution in [3.05, 3.63) is 71.5 Å². The second-order valence-electron chi connectivity index (χ2n) is 7.79. The summed E-state index contributed by atoms with van der Waals surface area (Å²) in [6, 6.07) is 14.2. The molecule has 2 aliphatic rings. The van der Waals surface area contributed by atoms with Crippen molar-refractivity contribution in [2.24, 2.45) is 0 Å². The summed E-state index contributed by atoms with van der Waals surface area (Å²) in [5.74, 6) is -1.45. The predicted octanol–water partition coefficient (Wildman–Crippen LogP) is 4.08. The van der Waals surface area contributed by atoms with Crippen LogP contribution in [0.4, 0.5) is 0 Å². The van der Waals surface area contributed by atoms with Crippen LogP contribution in [-0.2, 0) is 22.6 Å². The molecule has 0 aliphatic carbocycles. The zero-order valence-electron chi connectivity index (χ0n) is 15.2. The number of fused-ring (bicyclic) bond motifs is 1. The number of aromatic amines is 1. The van der Waals surface area contributed by atoms with Crippen LogP contribution >= 0.6 is 0 Å². The van der Waals surface area contributed by atoms with Crippen molar-refractivity contribution < 1.29 is 12.4 Å². The van der Waals surface area contributed by atoms with Crippen LogP contribution in [-0.4, -0.2) is 21.4 Å². The van der Waals surface area contributed by atoms with E-state index < -0.39 is 11.8 Å². The molecule has 4 heterocycles. The van der Waals surface area contributed by atoms with E-state index in [0.717, 1.165) is 46.8 Å². The summed E-state index contributed by atoms with van der Waals surface area (Å²) >= 11 is 0. The number of hydrogen-bond acceptors (Lipinski definition) is 2. The van der Waals surface area contributed by atoms with Crippen LogP contribution in [0.15, 0.2) is 54.9 Å². The first-order valence-electron chi connectivity index (χ1n) is 9.74. The lowest BCUT2D eigenvalue weighted by Crippen LogP contribution is -2.21. The number of carbonyl (C=O) groups excluding carboxylic acids is 2. The summed E-state index contributed by atoms with van der Waals surface area (Å²) in [7, 11) is 0. The van der Waals surface area contributed by atoms with Gasteiger partial charge in [0.15, 0.2) is 0 Å². The monoisotopic (exact) mass is 373 g/mol. The number of hydrogen-bond donors (Lipinski definition) is 2. The van der Waals surface area contributed by atoms with Gasteiger partial charge in [-0.15, -0.1) is 0 Å². The number of amides is 2. The molecule has 5 nitrogen and oxygen atoms in total. The van der Waals surface area contributed by atoms with Crippen LogP contribution in [0.3, 0.4) is 0 Å². The minimum absolute atomic E-state index is 0. The summed E-state index contributed by atoms with van der Waals surface area (Å²) in [5.41, 5.74) is 5.36. The molecule has 28 heavy (non-hydrogen) atoms. The molecule has 1 fully saturated rings. The topological polar surface area (TPSA) is 66.9 Å². The number of H-pyrrole nitrogens is 1. The van der Waals surface area contributed by atoms with Crippen LogP contribution in [0.25, 0.3) is 21.8 Å². The van der Waals surface area contributed by atoms with Gasteiger partial charge in [-0.2, -0.15) is 0 Å². The molecule has 4 aromatic rings. The van der Waals surface area contributed by atoms with E-state index in [1.807, 2.05) is 30.5 Å². The lowest BCUT2D eigenvalue weighted by molar-refractivity contribution is -0.125. The van der Waals surface area contributed by atoms with Gasteiger partial charge in [0.05, 0.1) is 17.4 Å². The average molecular weight is 373 g/mol. The van der Waals surface area contributed by atoms with Crippen molar-refractivity contribution in [3.63, 3.8) is 0 Å². The summed E-state index contributed by atoms with van der Waals surface area (Å²) in [4.78, 5) is 29.0. The Morgan fingerprint density at radius 1 is 0.929 bits per heavy atom. The highest BCUT2D eigenvalue weighted by Gasteiger charge is 2.45. The SMILES string of the molecule is O=C1NC(=O)[C@@H](c2cn3c4c(cccc24)CCC3)[C@H]1c1c[nH]c2ccccc12.[HH].[HH]. The molecule has 0 bridgehead atoms. The molecule has 0 spiro atoms. The molecule has 142 valence electrons. The van der Waals surface area contributed by atoms with E-state index in [4.69, 9.17) is 0 Å². The highest BCUT2D eigenvalue weighted by molar-refractivity contribution is 6.13. The fourth-order valence-corrected chi connectivity index (χ4v) is 5.10. The van der Waals surface area contributed by atoms with E-state index >= 15 is 0 Å². The van der Waals surface area contributed by atoms with Gasteiger partial charge >= 0.3 is 0 Å². The van der Waals surface area contributed by atoms with Gasteiger partial charge in [0, 0.05) is 38.1 Å². The molecular weight excluding hydrogens is 350 g/mol. The van der Waals surface area contributed by atoms with Crippen molar-refractivity contribution in [1.29, 1.82) is 0 Å². The van der Waals surface area contributed by atoms with E-state index in [1.165, 1.54) is 11.1 Å². The van der Waals surface area contributed by atoms with Crippen LogP contribution in [0.2, 0.25) is 0 Å². The molecule has 2 N–H and O–H groups in total. The summed E-state index contributed by atoms with van der Waals surface area (Å²) in [6.45, 7) is 0.952. The van der Waals surface area contributed by atoms with Gasteiger partial charge in [-0.3, -0.25) is 14.9 Å². The van der Waals surface area contributed by atoms with Crippen molar-refractivity contribution in [3.8, 4) is 0 Å². The van der Waals surface area contributed by atoms with Crippen molar-refractivity contribution in [2.45, 2.75) is 31.2 Å². The Kier molecular flexibility index (Phi) is 3.13. The van der Waals surface area contributed by atoms with Crippen molar-refractivity contribution in [1.82, 2.24) is 14.9 Å². The zero-order chi connectivity index (χ0) is 18.8. The Morgan fingerprint density at radius 3 is 2.61 bits per heavy atom.